The van der Waals surface area contributed by atoms with Crippen LogP contribution < -0.4 is 5.73 Å². The first-order valence-electron chi connectivity index (χ1n) is 6.43. The Bertz CT molecular complexity index is 455. The quantitative estimate of drug-likeness (QED) is 0.661. The van der Waals surface area contributed by atoms with Gasteiger partial charge in [0, 0.05) is 18.2 Å². The summed E-state index contributed by atoms with van der Waals surface area (Å²) in [6.07, 6.45) is 2.25. The first-order valence-corrected chi connectivity index (χ1v) is 8.36. The van der Waals surface area contributed by atoms with E-state index in [1.54, 1.807) is 16.9 Å². The lowest BCUT2D eigenvalue weighted by molar-refractivity contribution is 0.0995. The zero-order valence-corrected chi connectivity index (χ0v) is 12.7. The molecule has 0 radical (unpaired) electrons. The number of piperidine rings is 1. The fraction of sp³-hybridized carbons (Fsp3) is 0.538. The fourth-order valence-corrected chi connectivity index (χ4v) is 3.19. The molecular formula is C13H19N3OS2. The zero-order valence-electron chi connectivity index (χ0n) is 11.0. The molecule has 1 saturated heterocycles. The summed E-state index contributed by atoms with van der Waals surface area (Å²) in [4.78, 5) is 18.0. The molecule has 4 nitrogen and oxygen atoms in total. The normalized spacial score (nSPS) is 22.1. The van der Waals surface area contributed by atoms with Gasteiger partial charge in [-0.05, 0) is 38.4 Å². The number of rotatable bonds is 4. The highest BCUT2D eigenvalue weighted by Gasteiger charge is 2.25. The van der Waals surface area contributed by atoms with Crippen LogP contribution >= 0.6 is 22.5 Å². The molecule has 0 saturated carbocycles. The molecule has 0 aromatic carbocycles. The van der Waals surface area contributed by atoms with E-state index in [1.165, 1.54) is 0 Å². The molecule has 2 rings (SSSR count). The molecule has 1 amide bonds. The Hall–Kier alpha value is -0.720. The molecule has 2 N–H and O–H groups in total. The van der Waals surface area contributed by atoms with Gasteiger partial charge in [0.2, 0.25) is 0 Å². The zero-order chi connectivity index (χ0) is 13.8. The first-order chi connectivity index (χ1) is 9.11. The van der Waals surface area contributed by atoms with E-state index >= 15 is 0 Å². The van der Waals surface area contributed by atoms with Crippen LogP contribution in [0, 0.1) is 0 Å². The first kappa shape index (κ1) is 14.7. The predicted octanol–water partition coefficient (Wildman–Crippen LogP) is 2.28. The largest absolute Gasteiger partial charge is 0.364 e. The van der Waals surface area contributed by atoms with Gasteiger partial charge in [0.1, 0.15) is 5.69 Å². The summed E-state index contributed by atoms with van der Waals surface area (Å²) in [6, 6.07) is 5.51. The number of aromatic nitrogens is 1. The topological polar surface area (TPSA) is 59.2 Å². The van der Waals surface area contributed by atoms with Crippen molar-refractivity contribution in [3.05, 3.63) is 29.6 Å². The Morgan fingerprint density at radius 3 is 3.11 bits per heavy atom. The van der Waals surface area contributed by atoms with E-state index in [4.69, 9.17) is 5.73 Å². The van der Waals surface area contributed by atoms with Crippen molar-refractivity contribution in [2.24, 2.45) is 5.73 Å². The lowest BCUT2D eigenvalue weighted by atomic mass is 9.94. The van der Waals surface area contributed by atoms with Gasteiger partial charge in [-0.1, -0.05) is 16.9 Å². The Morgan fingerprint density at radius 1 is 1.63 bits per heavy atom. The van der Waals surface area contributed by atoms with E-state index < -0.39 is 5.91 Å². The molecule has 1 aromatic rings. The number of carbonyl (C=O) groups excluding carboxylic acids is 1. The van der Waals surface area contributed by atoms with E-state index in [2.05, 4.69) is 28.5 Å². The molecule has 1 fully saturated rings. The number of likely N-dealkylation sites (tertiary alicyclic amines) is 1. The van der Waals surface area contributed by atoms with Gasteiger partial charge in [-0.3, -0.25) is 9.69 Å². The molecule has 1 aliphatic rings. The van der Waals surface area contributed by atoms with Gasteiger partial charge in [0.15, 0.2) is 0 Å². The van der Waals surface area contributed by atoms with Gasteiger partial charge < -0.3 is 5.73 Å². The molecule has 0 bridgehead atoms. The summed E-state index contributed by atoms with van der Waals surface area (Å²) >= 11 is 4.28. The van der Waals surface area contributed by atoms with Crippen LogP contribution in [0.1, 0.15) is 41.9 Å². The van der Waals surface area contributed by atoms with Crippen molar-refractivity contribution in [3.8, 4) is 0 Å². The molecule has 2 unspecified atom stereocenters. The number of thiol groups is 1. The standard InChI is InChI=1S/C13H19N3OS2/c1-9(19-18)16-7-3-4-10(8-16)11-5-2-6-12(15-11)13(14)17/h2,5-6,9-10,18H,3-4,7-8H2,1H3,(H2,14,17). The second-order valence-electron chi connectivity index (χ2n) is 4.85. The summed E-state index contributed by atoms with van der Waals surface area (Å²) in [7, 11) is 1.56. The van der Waals surface area contributed by atoms with Gasteiger partial charge >= 0.3 is 0 Å². The van der Waals surface area contributed by atoms with E-state index in [0.717, 1.165) is 31.6 Å². The van der Waals surface area contributed by atoms with Crippen molar-refractivity contribution in [1.82, 2.24) is 9.88 Å². The van der Waals surface area contributed by atoms with Crippen LogP contribution in [0.5, 0.6) is 0 Å². The van der Waals surface area contributed by atoms with Crippen LogP contribution in [0.3, 0.4) is 0 Å². The van der Waals surface area contributed by atoms with Crippen LogP contribution in [0.15, 0.2) is 18.2 Å². The van der Waals surface area contributed by atoms with Crippen LogP contribution in [0.2, 0.25) is 0 Å². The molecular weight excluding hydrogens is 278 g/mol. The van der Waals surface area contributed by atoms with Crippen molar-refractivity contribution < 1.29 is 4.79 Å². The number of carbonyl (C=O) groups is 1. The average molecular weight is 297 g/mol. The number of primary amides is 1. The van der Waals surface area contributed by atoms with E-state index in [1.807, 2.05) is 12.1 Å². The predicted molar refractivity (Wildman–Crippen MR) is 82.3 cm³/mol. The van der Waals surface area contributed by atoms with Gasteiger partial charge in [0.25, 0.3) is 5.91 Å². The van der Waals surface area contributed by atoms with Gasteiger partial charge in [0.05, 0.1) is 5.37 Å². The molecule has 2 atom stereocenters. The highest BCUT2D eigenvalue weighted by Crippen LogP contribution is 2.30. The fourth-order valence-electron chi connectivity index (χ4n) is 2.46. The Kier molecular flexibility index (Phi) is 5.13. The van der Waals surface area contributed by atoms with Crippen molar-refractivity contribution in [3.63, 3.8) is 0 Å². The second-order valence-corrected chi connectivity index (χ2v) is 6.38. The lowest BCUT2D eigenvalue weighted by Gasteiger charge is -2.35. The van der Waals surface area contributed by atoms with Crippen LogP contribution in [0.4, 0.5) is 0 Å². The number of amides is 1. The Balaban J connectivity index is 2.12. The van der Waals surface area contributed by atoms with Gasteiger partial charge in [-0.2, -0.15) is 0 Å². The molecule has 2 heterocycles. The van der Waals surface area contributed by atoms with E-state index in [0.29, 0.717) is 17.0 Å². The van der Waals surface area contributed by atoms with Gasteiger partial charge in [-0.25, -0.2) is 4.98 Å². The number of pyridine rings is 1. The maximum absolute atomic E-state index is 11.2. The summed E-state index contributed by atoms with van der Waals surface area (Å²) in [5, 5.41) is 0.394. The smallest absolute Gasteiger partial charge is 0.267 e. The minimum atomic E-state index is -0.464. The second kappa shape index (κ2) is 6.63. The minimum Gasteiger partial charge on any atom is -0.364 e. The number of hydrogen-bond acceptors (Lipinski definition) is 5. The summed E-state index contributed by atoms with van der Waals surface area (Å²) in [5.41, 5.74) is 6.61. The molecule has 19 heavy (non-hydrogen) atoms. The van der Waals surface area contributed by atoms with Crippen LogP contribution in [-0.2, 0) is 0 Å². The van der Waals surface area contributed by atoms with Crippen molar-refractivity contribution >= 4 is 28.4 Å². The van der Waals surface area contributed by atoms with Crippen molar-refractivity contribution in [2.75, 3.05) is 13.1 Å². The van der Waals surface area contributed by atoms with Crippen molar-refractivity contribution in [2.45, 2.75) is 31.1 Å². The molecule has 0 aliphatic carbocycles. The maximum atomic E-state index is 11.2. The average Bonchev–Trinajstić information content (AvgIpc) is 2.46. The molecule has 104 valence electrons. The summed E-state index contributed by atoms with van der Waals surface area (Å²) < 4.78 is 0. The third-order valence-corrected chi connectivity index (χ3v) is 5.08. The summed E-state index contributed by atoms with van der Waals surface area (Å²) in [6.45, 7) is 4.22. The molecule has 1 aliphatic heterocycles. The van der Waals surface area contributed by atoms with Crippen LogP contribution in [0.25, 0.3) is 0 Å². The molecule has 1 aromatic heterocycles. The summed E-state index contributed by atoms with van der Waals surface area (Å²) in [5.74, 6) is -0.0928. The van der Waals surface area contributed by atoms with E-state index in [-0.39, 0.29) is 0 Å². The lowest BCUT2D eigenvalue weighted by Crippen LogP contribution is -2.39. The SMILES string of the molecule is CC(SS)N1CCCC(c2cccc(C(N)=O)n2)C1. The number of nitrogens with two attached hydrogens (primary N) is 1. The highest BCUT2D eigenvalue weighted by molar-refractivity contribution is 8.68. The monoisotopic (exact) mass is 297 g/mol. The highest BCUT2D eigenvalue weighted by atomic mass is 33.1. The molecule has 0 spiro atoms. The maximum Gasteiger partial charge on any atom is 0.267 e. The Morgan fingerprint density at radius 2 is 2.42 bits per heavy atom. The minimum absolute atomic E-state index is 0.353. The van der Waals surface area contributed by atoms with Crippen LogP contribution in [-0.4, -0.2) is 34.3 Å². The third-order valence-electron chi connectivity index (χ3n) is 3.56. The van der Waals surface area contributed by atoms with Gasteiger partial charge in [-0.15, -0.1) is 11.7 Å². The third kappa shape index (κ3) is 3.64. The number of nitrogens with zero attached hydrogens (tertiary/aromatic N) is 2. The van der Waals surface area contributed by atoms with Crippen molar-refractivity contribution in [1.29, 1.82) is 0 Å². The Labute approximate surface area is 123 Å². The number of hydrogen-bond donors (Lipinski definition) is 2. The molecule has 6 heteroatoms. The van der Waals surface area contributed by atoms with E-state index in [9.17, 15) is 4.79 Å².